The highest BCUT2D eigenvalue weighted by Crippen LogP contribution is 2.28. The van der Waals surface area contributed by atoms with Crippen LogP contribution in [0.2, 0.25) is 0 Å². The second-order valence-electron chi connectivity index (χ2n) is 4.04. The summed E-state index contributed by atoms with van der Waals surface area (Å²) in [6.45, 7) is 3.50. The van der Waals surface area contributed by atoms with Gasteiger partial charge in [0, 0.05) is 17.5 Å². The lowest BCUT2D eigenvalue weighted by atomic mass is 10.2. The topological polar surface area (TPSA) is 24.9 Å². The number of thiazole rings is 1. The molecule has 1 heterocycles. The van der Waals surface area contributed by atoms with Gasteiger partial charge in [-0.05, 0) is 25.1 Å². The molecule has 0 aliphatic rings. The zero-order chi connectivity index (χ0) is 13.8. The summed E-state index contributed by atoms with van der Waals surface area (Å²) in [6, 6.07) is 2.11. The number of rotatable bonds is 5. The average molecular weight is 286 g/mol. The van der Waals surface area contributed by atoms with Gasteiger partial charge in [0.2, 0.25) is 0 Å². The van der Waals surface area contributed by atoms with Crippen LogP contribution in [-0.2, 0) is 6.54 Å². The van der Waals surface area contributed by atoms with Crippen molar-refractivity contribution >= 4 is 11.3 Å². The van der Waals surface area contributed by atoms with Crippen LogP contribution in [0, 0.1) is 17.5 Å². The van der Waals surface area contributed by atoms with Crippen LogP contribution in [-0.4, -0.2) is 11.5 Å². The average Bonchev–Trinajstić information content (AvgIpc) is 2.85. The normalized spacial score (nSPS) is 10.9. The molecular formula is C13H13F3N2S. The fourth-order valence-corrected chi connectivity index (χ4v) is 2.43. The summed E-state index contributed by atoms with van der Waals surface area (Å²) in [7, 11) is 0. The van der Waals surface area contributed by atoms with Crippen molar-refractivity contribution in [3.63, 3.8) is 0 Å². The summed E-state index contributed by atoms with van der Waals surface area (Å²) in [5, 5.41) is 5.30. The lowest BCUT2D eigenvalue weighted by molar-refractivity contribution is 0.449. The third kappa shape index (κ3) is 3.13. The van der Waals surface area contributed by atoms with Gasteiger partial charge in [-0.2, -0.15) is 0 Å². The highest BCUT2D eigenvalue weighted by molar-refractivity contribution is 7.13. The van der Waals surface area contributed by atoms with Crippen LogP contribution in [0.1, 0.15) is 19.0 Å². The van der Waals surface area contributed by atoms with E-state index in [2.05, 4.69) is 17.2 Å². The summed E-state index contributed by atoms with van der Waals surface area (Å²) in [5.41, 5.74) is 0.753. The van der Waals surface area contributed by atoms with Crippen molar-refractivity contribution in [1.29, 1.82) is 0 Å². The maximum Gasteiger partial charge on any atom is 0.195 e. The van der Waals surface area contributed by atoms with Crippen molar-refractivity contribution in [2.24, 2.45) is 0 Å². The van der Waals surface area contributed by atoms with Crippen LogP contribution < -0.4 is 5.32 Å². The van der Waals surface area contributed by atoms with Crippen LogP contribution in [0.5, 0.6) is 0 Å². The second kappa shape index (κ2) is 6.16. The molecule has 1 aromatic carbocycles. The molecule has 6 heteroatoms. The summed E-state index contributed by atoms with van der Waals surface area (Å²) in [6.07, 6.45) is 1.01. The van der Waals surface area contributed by atoms with Gasteiger partial charge in [-0.3, -0.25) is 0 Å². The lowest BCUT2D eigenvalue weighted by Gasteiger charge is -2.01. The minimum atomic E-state index is -1.46. The van der Waals surface area contributed by atoms with Crippen LogP contribution >= 0.6 is 11.3 Å². The monoisotopic (exact) mass is 286 g/mol. The quantitative estimate of drug-likeness (QED) is 0.669. The molecule has 0 bridgehead atoms. The molecule has 0 aliphatic heterocycles. The zero-order valence-corrected chi connectivity index (χ0v) is 11.2. The molecule has 0 fully saturated rings. The van der Waals surface area contributed by atoms with Crippen molar-refractivity contribution in [3.05, 3.63) is 40.7 Å². The molecule has 0 saturated heterocycles. The van der Waals surface area contributed by atoms with Crippen LogP contribution in [0.25, 0.3) is 10.6 Å². The minimum Gasteiger partial charge on any atom is -0.311 e. The Balaban J connectivity index is 2.21. The van der Waals surface area contributed by atoms with E-state index in [9.17, 15) is 13.2 Å². The first-order valence-corrected chi connectivity index (χ1v) is 6.80. The number of hydrogen-bond acceptors (Lipinski definition) is 3. The Morgan fingerprint density at radius 3 is 2.74 bits per heavy atom. The maximum atomic E-state index is 13.6. The highest BCUT2D eigenvalue weighted by Gasteiger charge is 2.16. The maximum absolute atomic E-state index is 13.6. The van der Waals surface area contributed by atoms with E-state index in [4.69, 9.17) is 0 Å². The smallest absolute Gasteiger partial charge is 0.195 e. The van der Waals surface area contributed by atoms with Gasteiger partial charge >= 0.3 is 0 Å². The molecule has 0 unspecified atom stereocenters. The van der Waals surface area contributed by atoms with Gasteiger partial charge in [0.15, 0.2) is 17.5 Å². The summed E-state index contributed by atoms with van der Waals surface area (Å²) < 4.78 is 39.6. The van der Waals surface area contributed by atoms with Crippen molar-refractivity contribution < 1.29 is 13.2 Å². The number of halogens is 3. The predicted molar refractivity (Wildman–Crippen MR) is 69.4 cm³/mol. The number of aromatic nitrogens is 1. The SMILES string of the molecule is CCCNCc1csc(-c2ccc(F)c(F)c2F)n1. The van der Waals surface area contributed by atoms with Crippen molar-refractivity contribution in [1.82, 2.24) is 10.3 Å². The molecule has 1 aromatic heterocycles. The number of nitrogens with one attached hydrogen (secondary N) is 1. The van der Waals surface area contributed by atoms with Crippen molar-refractivity contribution in [3.8, 4) is 10.6 Å². The molecule has 0 amide bonds. The Bertz CT molecular complexity index is 569. The van der Waals surface area contributed by atoms with Crippen LogP contribution in [0.3, 0.4) is 0 Å². The predicted octanol–water partition coefficient (Wildman–Crippen LogP) is 3.73. The van der Waals surface area contributed by atoms with E-state index in [-0.39, 0.29) is 5.56 Å². The van der Waals surface area contributed by atoms with Gasteiger partial charge in [-0.15, -0.1) is 11.3 Å². The Kier molecular flexibility index (Phi) is 4.55. The molecule has 0 spiro atoms. The molecule has 1 N–H and O–H groups in total. The minimum absolute atomic E-state index is 0.00867. The summed E-state index contributed by atoms with van der Waals surface area (Å²) >= 11 is 1.21. The second-order valence-corrected chi connectivity index (χ2v) is 4.90. The molecule has 2 aromatic rings. The molecule has 19 heavy (non-hydrogen) atoms. The van der Waals surface area contributed by atoms with Crippen LogP contribution in [0.4, 0.5) is 13.2 Å². The van der Waals surface area contributed by atoms with E-state index in [1.165, 1.54) is 17.4 Å². The zero-order valence-electron chi connectivity index (χ0n) is 10.3. The molecule has 0 atom stereocenters. The fourth-order valence-electron chi connectivity index (χ4n) is 1.60. The van der Waals surface area contributed by atoms with Gasteiger partial charge in [0.25, 0.3) is 0 Å². The fraction of sp³-hybridized carbons (Fsp3) is 0.308. The highest BCUT2D eigenvalue weighted by atomic mass is 32.1. The standard InChI is InChI=1S/C13H13F3N2S/c1-2-5-17-6-8-7-19-13(18-8)9-3-4-10(14)12(16)11(9)15/h3-4,7,17H,2,5-6H2,1H3. The van der Waals surface area contributed by atoms with E-state index in [0.29, 0.717) is 11.6 Å². The Morgan fingerprint density at radius 1 is 1.21 bits per heavy atom. The largest absolute Gasteiger partial charge is 0.311 e. The van der Waals surface area contributed by atoms with Gasteiger partial charge in [-0.1, -0.05) is 6.92 Å². The molecule has 2 nitrogen and oxygen atoms in total. The van der Waals surface area contributed by atoms with Crippen LogP contribution in [0.15, 0.2) is 17.5 Å². The first kappa shape index (κ1) is 14.0. The van der Waals surface area contributed by atoms with E-state index in [0.717, 1.165) is 24.7 Å². The molecule has 102 valence electrons. The first-order chi connectivity index (χ1) is 9.13. The third-order valence-corrected chi connectivity index (χ3v) is 3.47. The molecule has 0 saturated carbocycles. The van der Waals surface area contributed by atoms with E-state index < -0.39 is 17.5 Å². The Hall–Kier alpha value is -1.40. The van der Waals surface area contributed by atoms with E-state index in [1.807, 2.05) is 0 Å². The summed E-state index contributed by atoms with van der Waals surface area (Å²) in [4.78, 5) is 4.21. The van der Waals surface area contributed by atoms with Crippen molar-refractivity contribution in [2.75, 3.05) is 6.54 Å². The molecular weight excluding hydrogens is 273 g/mol. The van der Waals surface area contributed by atoms with Gasteiger partial charge in [0.1, 0.15) is 5.01 Å². The lowest BCUT2D eigenvalue weighted by Crippen LogP contribution is -2.13. The van der Waals surface area contributed by atoms with Gasteiger partial charge in [0.05, 0.1) is 5.69 Å². The van der Waals surface area contributed by atoms with Gasteiger partial charge < -0.3 is 5.32 Å². The first-order valence-electron chi connectivity index (χ1n) is 5.92. The Morgan fingerprint density at radius 2 is 2.00 bits per heavy atom. The molecule has 0 radical (unpaired) electrons. The van der Waals surface area contributed by atoms with Gasteiger partial charge in [-0.25, -0.2) is 18.2 Å². The third-order valence-electron chi connectivity index (χ3n) is 2.55. The Labute approximate surface area is 113 Å². The van der Waals surface area contributed by atoms with E-state index in [1.54, 1.807) is 5.38 Å². The number of benzene rings is 1. The van der Waals surface area contributed by atoms with E-state index >= 15 is 0 Å². The number of hydrogen-bond donors (Lipinski definition) is 1. The summed E-state index contributed by atoms with van der Waals surface area (Å²) in [5.74, 6) is -3.84. The molecule has 0 aliphatic carbocycles. The van der Waals surface area contributed by atoms with Crippen molar-refractivity contribution in [2.45, 2.75) is 19.9 Å². The molecule has 2 rings (SSSR count). The number of nitrogens with zero attached hydrogens (tertiary/aromatic N) is 1.